The van der Waals surface area contributed by atoms with Crippen LogP contribution in [0.15, 0.2) is 84.5 Å². The van der Waals surface area contributed by atoms with Gasteiger partial charge < -0.3 is 15.0 Å². The fraction of sp³-hybridized carbons (Fsp3) is 0.143. The van der Waals surface area contributed by atoms with Crippen molar-refractivity contribution in [3.05, 3.63) is 90.1 Å². The normalized spacial score (nSPS) is 13.6. The zero-order valence-corrected chi connectivity index (χ0v) is 20.9. The van der Waals surface area contributed by atoms with E-state index in [0.717, 1.165) is 65.1 Å². The molecule has 0 radical (unpaired) electrons. The summed E-state index contributed by atoms with van der Waals surface area (Å²) in [7, 11) is 0. The third-order valence-corrected chi connectivity index (χ3v) is 7.18. The summed E-state index contributed by atoms with van der Waals surface area (Å²) in [5.74, 6) is -0.145. The van der Waals surface area contributed by atoms with E-state index in [-0.39, 0.29) is 5.91 Å². The zero-order chi connectivity index (χ0) is 25.2. The third-order valence-electron chi connectivity index (χ3n) is 6.39. The first kappa shape index (κ1) is 23.1. The minimum atomic E-state index is -0.145. The van der Waals surface area contributed by atoms with E-state index in [1.165, 1.54) is 11.3 Å². The number of aromatic nitrogens is 3. The molecule has 0 bridgehead atoms. The number of hydrogen-bond donors (Lipinski definition) is 1. The molecule has 8 nitrogen and oxygen atoms in total. The average molecular weight is 510 g/mol. The Morgan fingerprint density at radius 2 is 1.76 bits per heavy atom. The van der Waals surface area contributed by atoms with Gasteiger partial charge in [0, 0.05) is 40.8 Å². The number of ether oxygens (including phenoxy) is 1. The third kappa shape index (κ3) is 4.74. The Kier molecular flexibility index (Phi) is 6.21. The molecule has 1 fully saturated rings. The SMILES string of the molecule is C=[N+](c1ccc(-n2ncc3cc(NC(=O)c4ccc(N5CCOCC5)cc4)ccc32)cc1)c1nccs1. The van der Waals surface area contributed by atoms with Crippen LogP contribution in [0.4, 0.5) is 22.2 Å². The van der Waals surface area contributed by atoms with E-state index in [1.54, 1.807) is 17.0 Å². The maximum atomic E-state index is 12.9. The van der Waals surface area contributed by atoms with Crippen molar-refractivity contribution in [2.24, 2.45) is 0 Å². The maximum Gasteiger partial charge on any atom is 0.386 e. The van der Waals surface area contributed by atoms with Crippen molar-refractivity contribution in [3.8, 4) is 5.69 Å². The van der Waals surface area contributed by atoms with Crippen LogP contribution in [0.2, 0.25) is 0 Å². The van der Waals surface area contributed by atoms with Gasteiger partial charge in [0.05, 0.1) is 37.3 Å². The molecule has 2 aromatic heterocycles. The van der Waals surface area contributed by atoms with Gasteiger partial charge in [-0.25, -0.2) is 4.68 Å². The van der Waals surface area contributed by atoms with E-state index < -0.39 is 0 Å². The Morgan fingerprint density at radius 1 is 1.00 bits per heavy atom. The molecule has 0 spiro atoms. The molecule has 1 N–H and O–H groups in total. The summed E-state index contributed by atoms with van der Waals surface area (Å²) >= 11 is 1.54. The van der Waals surface area contributed by atoms with Gasteiger partial charge in [0.25, 0.3) is 5.91 Å². The van der Waals surface area contributed by atoms with Crippen molar-refractivity contribution < 1.29 is 9.53 Å². The number of fused-ring (bicyclic) bond motifs is 1. The monoisotopic (exact) mass is 509 g/mol. The molecule has 9 heteroatoms. The van der Waals surface area contributed by atoms with Gasteiger partial charge in [0.1, 0.15) is 5.69 Å². The van der Waals surface area contributed by atoms with E-state index in [0.29, 0.717) is 5.56 Å². The molecule has 0 saturated carbocycles. The number of hydrogen-bond acceptors (Lipinski definition) is 6. The molecule has 6 rings (SSSR count). The van der Waals surface area contributed by atoms with Gasteiger partial charge in [0.2, 0.25) is 0 Å². The lowest BCUT2D eigenvalue weighted by molar-refractivity contribution is 0.102. The summed E-state index contributed by atoms with van der Waals surface area (Å²) in [6.07, 6.45) is 3.57. The van der Waals surface area contributed by atoms with Crippen LogP contribution in [-0.2, 0) is 4.74 Å². The highest BCUT2D eigenvalue weighted by atomic mass is 32.1. The second kappa shape index (κ2) is 9.96. The zero-order valence-electron chi connectivity index (χ0n) is 20.1. The minimum absolute atomic E-state index is 0.145. The van der Waals surface area contributed by atoms with Gasteiger partial charge in [0.15, 0.2) is 6.20 Å². The van der Waals surface area contributed by atoms with E-state index in [1.807, 2.05) is 76.8 Å². The molecule has 1 aliphatic rings. The molecular formula is C28H25N6O2S+. The van der Waals surface area contributed by atoms with Crippen LogP contribution >= 0.6 is 11.3 Å². The van der Waals surface area contributed by atoms with Gasteiger partial charge in [-0.1, -0.05) is 11.3 Å². The number of nitrogens with zero attached hydrogens (tertiary/aromatic N) is 5. The van der Waals surface area contributed by atoms with Crippen molar-refractivity contribution in [1.82, 2.24) is 19.3 Å². The number of nitrogens with one attached hydrogen (secondary N) is 1. The Morgan fingerprint density at radius 3 is 2.49 bits per heavy atom. The fourth-order valence-electron chi connectivity index (χ4n) is 4.40. The first-order chi connectivity index (χ1) is 18.2. The molecule has 0 aliphatic carbocycles. The summed E-state index contributed by atoms with van der Waals surface area (Å²) in [4.78, 5) is 19.4. The van der Waals surface area contributed by atoms with Crippen LogP contribution < -0.4 is 14.8 Å². The smallest absolute Gasteiger partial charge is 0.378 e. The number of anilines is 2. The predicted octanol–water partition coefficient (Wildman–Crippen LogP) is 5.11. The first-order valence-electron chi connectivity index (χ1n) is 12.0. The number of carbonyl (C=O) groups is 1. The largest absolute Gasteiger partial charge is 0.386 e. The summed E-state index contributed by atoms with van der Waals surface area (Å²) < 4.78 is 9.10. The first-order valence-corrected chi connectivity index (χ1v) is 12.9. The maximum absolute atomic E-state index is 12.9. The van der Waals surface area contributed by atoms with Crippen molar-refractivity contribution in [3.63, 3.8) is 0 Å². The number of amides is 1. The van der Waals surface area contributed by atoms with Crippen molar-refractivity contribution in [2.75, 3.05) is 36.5 Å². The number of thiazole rings is 1. The topological polar surface area (TPSA) is 75.3 Å². The highest BCUT2D eigenvalue weighted by molar-refractivity contribution is 7.13. The molecule has 0 unspecified atom stereocenters. The van der Waals surface area contributed by atoms with Crippen LogP contribution in [-0.4, -0.2) is 53.7 Å². The van der Waals surface area contributed by atoms with Crippen LogP contribution in [0.5, 0.6) is 0 Å². The van der Waals surface area contributed by atoms with Crippen molar-refractivity contribution in [2.45, 2.75) is 0 Å². The number of carbonyl (C=O) groups excluding carboxylic acids is 1. The molecule has 1 amide bonds. The minimum Gasteiger partial charge on any atom is -0.378 e. The Hall–Kier alpha value is -4.34. The lowest BCUT2D eigenvalue weighted by Crippen LogP contribution is -2.36. The number of benzene rings is 3. The second-order valence-corrected chi connectivity index (χ2v) is 9.56. The Labute approximate surface area is 218 Å². The lowest BCUT2D eigenvalue weighted by atomic mass is 10.1. The van der Waals surface area contributed by atoms with Gasteiger partial charge in [-0.05, 0) is 71.7 Å². The van der Waals surface area contributed by atoms with Crippen LogP contribution in [0.1, 0.15) is 10.4 Å². The van der Waals surface area contributed by atoms with Gasteiger partial charge in [-0.2, -0.15) is 9.67 Å². The summed E-state index contributed by atoms with van der Waals surface area (Å²) in [6, 6.07) is 21.5. The van der Waals surface area contributed by atoms with Gasteiger partial charge >= 0.3 is 5.13 Å². The van der Waals surface area contributed by atoms with Crippen molar-refractivity contribution in [1.29, 1.82) is 0 Å². The summed E-state index contributed by atoms with van der Waals surface area (Å²) in [5, 5.41) is 11.3. The molecule has 3 aromatic carbocycles. The number of morpholine rings is 1. The standard InChI is InChI=1S/C28H24N6O2S/c1-32(28-29-12-17-37-28)23-7-9-25(10-8-23)34-26-11-4-22(18-21(26)19-30-34)31-27(35)20-2-5-24(6-3-20)33-13-15-36-16-14-33/h2-12,17-19H,1,13-16H2/p+1. The summed E-state index contributed by atoms with van der Waals surface area (Å²) in [6.45, 7) is 7.28. The Balaban J connectivity index is 1.16. The predicted molar refractivity (Wildman–Crippen MR) is 149 cm³/mol. The fourth-order valence-corrected chi connectivity index (χ4v) is 5.00. The lowest BCUT2D eigenvalue weighted by Gasteiger charge is -2.28. The van der Waals surface area contributed by atoms with E-state index in [9.17, 15) is 4.79 Å². The molecular weight excluding hydrogens is 484 g/mol. The highest BCUT2D eigenvalue weighted by Crippen LogP contribution is 2.26. The molecule has 0 atom stereocenters. The van der Waals surface area contributed by atoms with Crippen LogP contribution in [0.25, 0.3) is 16.6 Å². The van der Waals surface area contributed by atoms with Gasteiger partial charge in [-0.3, -0.25) is 4.79 Å². The molecule has 1 saturated heterocycles. The van der Waals surface area contributed by atoms with E-state index in [4.69, 9.17) is 4.74 Å². The molecule has 1 aliphatic heterocycles. The molecule has 3 heterocycles. The number of rotatable bonds is 6. The van der Waals surface area contributed by atoms with E-state index in [2.05, 4.69) is 27.0 Å². The van der Waals surface area contributed by atoms with Gasteiger partial charge in [-0.15, -0.1) is 0 Å². The Bertz CT molecular complexity index is 1550. The quantitative estimate of drug-likeness (QED) is 0.254. The van der Waals surface area contributed by atoms with E-state index >= 15 is 0 Å². The second-order valence-electron chi connectivity index (χ2n) is 8.69. The molecule has 37 heavy (non-hydrogen) atoms. The van der Waals surface area contributed by atoms with Crippen molar-refractivity contribution >= 4 is 57.1 Å². The summed E-state index contributed by atoms with van der Waals surface area (Å²) in [5.41, 5.74) is 5.27. The highest BCUT2D eigenvalue weighted by Gasteiger charge is 2.15. The van der Waals surface area contributed by atoms with Crippen LogP contribution in [0.3, 0.4) is 0 Å². The molecule has 184 valence electrons. The average Bonchev–Trinajstić information content (AvgIpc) is 3.64. The van der Waals surface area contributed by atoms with Crippen LogP contribution in [0, 0.1) is 0 Å². The molecule has 5 aromatic rings.